The van der Waals surface area contributed by atoms with Crippen LogP contribution in [0, 0.1) is 34.5 Å². The first-order valence-corrected chi connectivity index (χ1v) is 10.6. The first kappa shape index (κ1) is 18.3. The van der Waals surface area contributed by atoms with E-state index in [1.807, 2.05) is 0 Å². The topological polar surface area (TPSA) is 43.4 Å². The summed E-state index contributed by atoms with van der Waals surface area (Å²) in [6, 6.07) is 0. The second-order valence-electron chi connectivity index (χ2n) is 10.0. The van der Waals surface area contributed by atoms with Gasteiger partial charge in [0.25, 0.3) is 0 Å². The monoisotopic (exact) mass is 358 g/mol. The van der Waals surface area contributed by atoms with Crippen molar-refractivity contribution in [2.75, 3.05) is 0 Å². The first-order chi connectivity index (χ1) is 12.3. The average molecular weight is 359 g/mol. The number of carbonyl (C=O) groups excluding carboxylic acids is 2. The van der Waals surface area contributed by atoms with E-state index in [2.05, 4.69) is 19.9 Å². The number of Topliss-reactive ketones (excluding diaryl/α,β-unsaturated/α-hetero) is 1. The molecule has 0 N–H and O–H groups in total. The van der Waals surface area contributed by atoms with Crippen molar-refractivity contribution >= 4 is 11.8 Å². The molecule has 0 saturated heterocycles. The molecule has 3 nitrogen and oxygen atoms in total. The molecular formula is C23H34O3. The normalized spacial score (nSPS) is 47.2. The Morgan fingerprint density at radius 2 is 1.69 bits per heavy atom. The molecule has 7 atom stereocenters. The van der Waals surface area contributed by atoms with Gasteiger partial charge in [-0.15, -0.1) is 0 Å². The van der Waals surface area contributed by atoms with Gasteiger partial charge in [0.1, 0.15) is 11.9 Å². The second-order valence-corrected chi connectivity index (χ2v) is 10.0. The van der Waals surface area contributed by atoms with Gasteiger partial charge in [0.05, 0.1) is 0 Å². The number of ether oxygens (including phenoxy) is 1. The quantitative estimate of drug-likeness (QED) is 0.510. The maximum atomic E-state index is 12.2. The Morgan fingerprint density at radius 1 is 1.00 bits per heavy atom. The van der Waals surface area contributed by atoms with E-state index in [9.17, 15) is 9.59 Å². The van der Waals surface area contributed by atoms with Crippen LogP contribution in [0.15, 0.2) is 11.6 Å². The molecule has 0 aromatic heterocycles. The molecule has 0 bridgehead atoms. The van der Waals surface area contributed by atoms with E-state index in [1.54, 1.807) is 12.5 Å². The summed E-state index contributed by atoms with van der Waals surface area (Å²) in [5.41, 5.74) is 2.22. The molecule has 0 aromatic carbocycles. The predicted octanol–water partition coefficient (Wildman–Crippen LogP) is 5.09. The fourth-order valence-electron chi connectivity index (χ4n) is 7.48. The van der Waals surface area contributed by atoms with Gasteiger partial charge in [0.15, 0.2) is 0 Å². The summed E-state index contributed by atoms with van der Waals surface area (Å²) >= 11 is 0. The lowest BCUT2D eigenvalue weighted by atomic mass is 9.48. The molecule has 0 spiro atoms. The Morgan fingerprint density at radius 3 is 2.38 bits per heavy atom. The Kier molecular flexibility index (Phi) is 4.36. The lowest BCUT2D eigenvalue weighted by Crippen LogP contribution is -2.50. The number of ketones is 1. The molecule has 0 heterocycles. The maximum Gasteiger partial charge on any atom is 0.302 e. The molecular weight excluding hydrogens is 324 g/mol. The molecule has 4 rings (SSSR count). The molecule has 7 unspecified atom stereocenters. The Balaban J connectivity index is 1.59. The molecule has 4 aliphatic rings. The molecule has 26 heavy (non-hydrogen) atoms. The largest absolute Gasteiger partial charge is 0.463 e. The number of allylic oxidation sites excluding steroid dienone is 2. The number of rotatable bonds is 2. The highest BCUT2D eigenvalue weighted by Gasteiger charge is 2.58. The Hall–Kier alpha value is -1.12. The van der Waals surface area contributed by atoms with E-state index < -0.39 is 0 Å². The summed E-state index contributed by atoms with van der Waals surface area (Å²) in [4.78, 5) is 23.6. The fourth-order valence-corrected chi connectivity index (χ4v) is 7.48. The van der Waals surface area contributed by atoms with Crippen LogP contribution in [-0.2, 0) is 14.3 Å². The lowest BCUT2D eigenvalue weighted by molar-refractivity contribution is -0.152. The summed E-state index contributed by atoms with van der Waals surface area (Å²) in [6.07, 6.45) is 11.7. The summed E-state index contributed by atoms with van der Waals surface area (Å²) in [6.45, 7) is 8.21. The van der Waals surface area contributed by atoms with Crippen LogP contribution >= 0.6 is 0 Å². The number of hydrogen-bond acceptors (Lipinski definition) is 3. The standard InChI is InChI=1S/C23H34O3/c1-14(24)19-7-8-20-18-6-5-16-13-17(26-15(2)25)9-11-22(16,3)21(18)10-12-23(19,20)4/h6,16-17,19-21H,5,7-13H2,1-4H3. The van der Waals surface area contributed by atoms with Crippen LogP contribution in [0.3, 0.4) is 0 Å². The van der Waals surface area contributed by atoms with Gasteiger partial charge in [0.2, 0.25) is 0 Å². The summed E-state index contributed by atoms with van der Waals surface area (Å²) in [5.74, 6) is 2.43. The molecule has 4 aliphatic carbocycles. The molecule has 0 aliphatic heterocycles. The number of esters is 1. The van der Waals surface area contributed by atoms with Crippen LogP contribution < -0.4 is 0 Å². The Bertz CT molecular complexity index is 650. The summed E-state index contributed by atoms with van der Waals surface area (Å²) in [5, 5.41) is 0. The predicted molar refractivity (Wildman–Crippen MR) is 101 cm³/mol. The lowest BCUT2D eigenvalue weighted by Gasteiger charge is -2.57. The minimum atomic E-state index is -0.139. The first-order valence-electron chi connectivity index (χ1n) is 10.6. The van der Waals surface area contributed by atoms with Gasteiger partial charge in [-0.25, -0.2) is 0 Å². The molecule has 144 valence electrons. The Labute approximate surface area is 157 Å². The number of hydrogen-bond donors (Lipinski definition) is 0. The van der Waals surface area contributed by atoms with Crippen molar-refractivity contribution in [1.82, 2.24) is 0 Å². The van der Waals surface area contributed by atoms with Gasteiger partial charge >= 0.3 is 5.97 Å². The van der Waals surface area contributed by atoms with Gasteiger partial charge in [-0.1, -0.05) is 25.5 Å². The molecule has 3 heteroatoms. The molecule has 0 aromatic rings. The van der Waals surface area contributed by atoms with E-state index >= 15 is 0 Å². The van der Waals surface area contributed by atoms with Gasteiger partial charge in [-0.05, 0) is 86.9 Å². The van der Waals surface area contributed by atoms with E-state index in [4.69, 9.17) is 4.74 Å². The van der Waals surface area contributed by atoms with Crippen LogP contribution in [0.25, 0.3) is 0 Å². The van der Waals surface area contributed by atoms with E-state index in [0.29, 0.717) is 29.0 Å². The van der Waals surface area contributed by atoms with Gasteiger partial charge in [-0.3, -0.25) is 9.59 Å². The highest BCUT2D eigenvalue weighted by atomic mass is 16.5. The summed E-state index contributed by atoms with van der Waals surface area (Å²) < 4.78 is 5.55. The zero-order valence-corrected chi connectivity index (χ0v) is 16.8. The molecule has 3 fully saturated rings. The molecule has 0 amide bonds. The van der Waals surface area contributed by atoms with Crippen molar-refractivity contribution < 1.29 is 14.3 Å². The third-order valence-electron chi connectivity index (χ3n) is 8.86. The van der Waals surface area contributed by atoms with Gasteiger partial charge in [0, 0.05) is 12.8 Å². The van der Waals surface area contributed by atoms with E-state index in [1.165, 1.54) is 26.2 Å². The van der Waals surface area contributed by atoms with Crippen molar-refractivity contribution in [1.29, 1.82) is 0 Å². The number of fused-ring (bicyclic) bond motifs is 5. The molecule has 0 radical (unpaired) electrons. The van der Waals surface area contributed by atoms with Crippen LogP contribution in [0.2, 0.25) is 0 Å². The van der Waals surface area contributed by atoms with Crippen molar-refractivity contribution in [3.05, 3.63) is 11.6 Å². The van der Waals surface area contributed by atoms with Gasteiger partial charge in [-0.2, -0.15) is 0 Å². The van der Waals surface area contributed by atoms with E-state index in [-0.39, 0.29) is 23.4 Å². The third kappa shape index (κ3) is 2.60. The fraction of sp³-hybridized carbons (Fsp3) is 0.826. The van der Waals surface area contributed by atoms with Gasteiger partial charge < -0.3 is 4.74 Å². The summed E-state index contributed by atoms with van der Waals surface area (Å²) in [7, 11) is 0. The highest BCUT2D eigenvalue weighted by molar-refractivity contribution is 5.79. The maximum absolute atomic E-state index is 12.2. The van der Waals surface area contributed by atoms with Crippen LogP contribution in [0.4, 0.5) is 0 Å². The zero-order valence-electron chi connectivity index (χ0n) is 16.8. The van der Waals surface area contributed by atoms with Crippen molar-refractivity contribution in [2.24, 2.45) is 34.5 Å². The smallest absolute Gasteiger partial charge is 0.302 e. The minimum Gasteiger partial charge on any atom is -0.463 e. The average Bonchev–Trinajstić information content (AvgIpc) is 2.92. The van der Waals surface area contributed by atoms with E-state index in [0.717, 1.165) is 32.1 Å². The van der Waals surface area contributed by atoms with Crippen LogP contribution in [0.5, 0.6) is 0 Å². The van der Waals surface area contributed by atoms with Crippen LogP contribution in [-0.4, -0.2) is 17.9 Å². The highest BCUT2D eigenvalue weighted by Crippen LogP contribution is 2.65. The second kappa shape index (κ2) is 6.21. The number of carbonyl (C=O) groups is 2. The minimum absolute atomic E-state index is 0.114. The van der Waals surface area contributed by atoms with Crippen molar-refractivity contribution in [3.8, 4) is 0 Å². The third-order valence-corrected chi connectivity index (χ3v) is 8.86. The zero-order chi connectivity index (χ0) is 18.7. The van der Waals surface area contributed by atoms with Crippen LogP contribution in [0.1, 0.15) is 79.1 Å². The van der Waals surface area contributed by atoms with Crippen molar-refractivity contribution in [3.63, 3.8) is 0 Å². The van der Waals surface area contributed by atoms with Crippen molar-refractivity contribution in [2.45, 2.75) is 85.2 Å². The SMILES string of the molecule is CC(=O)OC1CCC2(C)C(CC=C3C2CCC2(C)C(C(C)=O)CCC32)C1. The molecule has 3 saturated carbocycles.